The fourth-order valence-electron chi connectivity index (χ4n) is 1.87. The number of aromatic nitrogens is 1. The molecule has 0 aliphatic heterocycles. The molecule has 0 aliphatic carbocycles. The second-order valence-corrected chi connectivity index (χ2v) is 4.68. The summed E-state index contributed by atoms with van der Waals surface area (Å²) >= 11 is 0. The number of hydrogen-bond donors (Lipinski definition) is 1. The van der Waals surface area contributed by atoms with Crippen LogP contribution in [0.25, 0.3) is 10.9 Å². The summed E-state index contributed by atoms with van der Waals surface area (Å²) in [6.07, 6.45) is 0.596. The molecule has 0 fully saturated rings. The highest BCUT2D eigenvalue weighted by atomic mass is 19.2. The van der Waals surface area contributed by atoms with E-state index in [4.69, 9.17) is 5.73 Å². The summed E-state index contributed by atoms with van der Waals surface area (Å²) in [5, 5.41) is 0.0962. The van der Waals surface area contributed by atoms with Crippen molar-refractivity contribution in [2.75, 3.05) is 5.73 Å². The Balaban J connectivity index is 2.71. The van der Waals surface area contributed by atoms with Crippen LogP contribution in [0.15, 0.2) is 12.1 Å². The fraction of sp³-hybridized carbons (Fsp3) is 0.308. The van der Waals surface area contributed by atoms with Crippen molar-refractivity contribution < 1.29 is 13.2 Å². The zero-order valence-corrected chi connectivity index (χ0v) is 10.1. The summed E-state index contributed by atoms with van der Waals surface area (Å²) in [6.45, 7) is 3.95. The molecule has 1 heterocycles. The molecule has 2 N–H and O–H groups in total. The molecule has 18 heavy (non-hydrogen) atoms. The molecule has 1 aromatic carbocycles. The van der Waals surface area contributed by atoms with Crippen molar-refractivity contribution in [3.05, 3.63) is 35.3 Å². The Bertz CT molecular complexity index is 609. The molecule has 1 aromatic heterocycles. The second kappa shape index (κ2) is 4.48. The van der Waals surface area contributed by atoms with E-state index in [1.165, 1.54) is 0 Å². The third-order valence-corrected chi connectivity index (χ3v) is 2.64. The van der Waals surface area contributed by atoms with Gasteiger partial charge in [-0.1, -0.05) is 13.8 Å². The highest BCUT2D eigenvalue weighted by Gasteiger charge is 2.17. The largest absolute Gasteiger partial charge is 0.398 e. The van der Waals surface area contributed by atoms with Crippen molar-refractivity contribution in [3.63, 3.8) is 0 Å². The van der Waals surface area contributed by atoms with E-state index in [1.807, 2.05) is 13.8 Å². The van der Waals surface area contributed by atoms with E-state index in [0.29, 0.717) is 18.0 Å². The molecule has 2 aromatic rings. The third-order valence-electron chi connectivity index (χ3n) is 2.64. The van der Waals surface area contributed by atoms with Gasteiger partial charge in [0, 0.05) is 16.8 Å². The molecule has 0 atom stereocenters. The number of halogens is 3. The van der Waals surface area contributed by atoms with Crippen LogP contribution >= 0.6 is 0 Å². The van der Waals surface area contributed by atoms with Crippen LogP contribution in [0.3, 0.4) is 0 Å². The smallest absolute Gasteiger partial charge is 0.196 e. The first-order chi connectivity index (χ1) is 8.40. The summed E-state index contributed by atoms with van der Waals surface area (Å²) in [7, 11) is 0. The summed E-state index contributed by atoms with van der Waals surface area (Å²) in [4.78, 5) is 4.02. The monoisotopic (exact) mass is 254 g/mol. The number of nitrogen functional groups attached to an aromatic ring is 1. The third kappa shape index (κ3) is 2.12. The lowest BCUT2D eigenvalue weighted by Crippen LogP contribution is -2.03. The van der Waals surface area contributed by atoms with E-state index in [9.17, 15) is 13.2 Å². The minimum absolute atomic E-state index is 0.0962. The van der Waals surface area contributed by atoms with Crippen molar-refractivity contribution in [3.8, 4) is 0 Å². The van der Waals surface area contributed by atoms with Crippen molar-refractivity contribution in [1.82, 2.24) is 4.98 Å². The Morgan fingerprint density at radius 1 is 1.17 bits per heavy atom. The average molecular weight is 254 g/mol. The molecule has 0 bridgehead atoms. The first-order valence-electron chi connectivity index (χ1n) is 5.62. The SMILES string of the molecule is CC(C)Cc1cc(N)c2cc(F)c(F)c(F)c2n1. The maximum absolute atomic E-state index is 13.6. The molecule has 0 radical (unpaired) electrons. The quantitative estimate of drug-likeness (QED) is 0.834. The van der Waals surface area contributed by atoms with Gasteiger partial charge in [0.2, 0.25) is 0 Å². The Kier molecular flexibility index (Phi) is 3.15. The van der Waals surface area contributed by atoms with Crippen LogP contribution in [0.1, 0.15) is 19.5 Å². The predicted molar refractivity (Wildman–Crippen MR) is 64.6 cm³/mol. The van der Waals surface area contributed by atoms with E-state index >= 15 is 0 Å². The Labute approximate surface area is 103 Å². The number of pyridine rings is 1. The van der Waals surface area contributed by atoms with Gasteiger partial charge in [-0.3, -0.25) is 0 Å². The fourth-order valence-corrected chi connectivity index (χ4v) is 1.87. The van der Waals surface area contributed by atoms with Crippen LogP contribution in [0, 0.1) is 23.4 Å². The van der Waals surface area contributed by atoms with Crippen LogP contribution in [0.2, 0.25) is 0 Å². The molecular formula is C13H13F3N2. The number of rotatable bonds is 2. The van der Waals surface area contributed by atoms with E-state index in [0.717, 1.165) is 6.07 Å². The number of nitrogens with zero attached hydrogens (tertiary/aromatic N) is 1. The Morgan fingerprint density at radius 3 is 2.44 bits per heavy atom. The Morgan fingerprint density at radius 2 is 1.83 bits per heavy atom. The molecule has 0 amide bonds. The molecule has 0 saturated heterocycles. The number of fused-ring (bicyclic) bond motifs is 1. The van der Waals surface area contributed by atoms with Gasteiger partial charge >= 0.3 is 0 Å². The molecular weight excluding hydrogens is 241 g/mol. The number of nitrogens with two attached hydrogens (primary N) is 1. The summed E-state index contributed by atoms with van der Waals surface area (Å²) in [5.74, 6) is -3.76. The van der Waals surface area contributed by atoms with Gasteiger partial charge in [0.15, 0.2) is 17.5 Å². The second-order valence-electron chi connectivity index (χ2n) is 4.68. The van der Waals surface area contributed by atoms with Crippen molar-refractivity contribution >= 4 is 16.6 Å². The lowest BCUT2D eigenvalue weighted by molar-refractivity contribution is 0.452. The summed E-state index contributed by atoms with van der Waals surface area (Å²) < 4.78 is 39.9. The lowest BCUT2D eigenvalue weighted by atomic mass is 10.1. The maximum Gasteiger partial charge on any atom is 0.196 e. The van der Waals surface area contributed by atoms with Gasteiger partial charge in [0.05, 0.1) is 0 Å². The van der Waals surface area contributed by atoms with Gasteiger partial charge in [0.1, 0.15) is 5.52 Å². The molecule has 0 unspecified atom stereocenters. The van der Waals surface area contributed by atoms with E-state index in [2.05, 4.69) is 4.98 Å². The van der Waals surface area contributed by atoms with Gasteiger partial charge in [-0.15, -0.1) is 0 Å². The lowest BCUT2D eigenvalue weighted by Gasteiger charge is -2.09. The molecule has 0 spiro atoms. The standard InChI is InChI=1S/C13H13F3N2/c1-6(2)3-7-4-10(17)8-5-9(14)11(15)12(16)13(8)18-7/h4-6H,3H2,1-2H3,(H2,17,18). The molecule has 5 heteroatoms. The van der Waals surface area contributed by atoms with Crippen LogP contribution in [0.5, 0.6) is 0 Å². The minimum Gasteiger partial charge on any atom is -0.398 e. The predicted octanol–water partition coefficient (Wildman–Crippen LogP) is 3.43. The topological polar surface area (TPSA) is 38.9 Å². The highest BCUT2D eigenvalue weighted by molar-refractivity contribution is 5.90. The average Bonchev–Trinajstić information content (AvgIpc) is 2.27. The van der Waals surface area contributed by atoms with Crippen molar-refractivity contribution in [2.45, 2.75) is 20.3 Å². The van der Waals surface area contributed by atoms with E-state index in [1.54, 1.807) is 6.07 Å². The molecule has 0 saturated carbocycles. The molecule has 2 rings (SSSR count). The van der Waals surface area contributed by atoms with Gasteiger partial charge in [-0.25, -0.2) is 18.2 Å². The molecule has 96 valence electrons. The normalized spacial score (nSPS) is 11.4. The minimum atomic E-state index is -1.52. The number of hydrogen-bond acceptors (Lipinski definition) is 2. The Hall–Kier alpha value is -1.78. The zero-order valence-electron chi connectivity index (χ0n) is 10.1. The van der Waals surface area contributed by atoms with Gasteiger partial charge < -0.3 is 5.73 Å². The molecule has 2 nitrogen and oxygen atoms in total. The van der Waals surface area contributed by atoms with Gasteiger partial charge in [-0.2, -0.15) is 0 Å². The first kappa shape index (κ1) is 12.7. The highest BCUT2D eigenvalue weighted by Crippen LogP contribution is 2.27. The number of anilines is 1. The van der Waals surface area contributed by atoms with Crippen LogP contribution in [-0.2, 0) is 6.42 Å². The zero-order chi connectivity index (χ0) is 13.4. The first-order valence-corrected chi connectivity index (χ1v) is 5.62. The molecule has 0 aliphatic rings. The van der Waals surface area contributed by atoms with Crippen LogP contribution in [-0.4, -0.2) is 4.98 Å². The van der Waals surface area contributed by atoms with E-state index < -0.39 is 17.5 Å². The van der Waals surface area contributed by atoms with Crippen molar-refractivity contribution in [1.29, 1.82) is 0 Å². The summed E-state index contributed by atoms with van der Waals surface area (Å²) in [6, 6.07) is 2.44. The van der Waals surface area contributed by atoms with Crippen LogP contribution in [0.4, 0.5) is 18.9 Å². The maximum atomic E-state index is 13.6. The van der Waals surface area contributed by atoms with E-state index in [-0.39, 0.29) is 16.6 Å². The van der Waals surface area contributed by atoms with Gasteiger partial charge in [-0.05, 0) is 24.5 Å². The number of benzene rings is 1. The van der Waals surface area contributed by atoms with Crippen molar-refractivity contribution in [2.24, 2.45) is 5.92 Å². The summed E-state index contributed by atoms with van der Waals surface area (Å²) in [5.41, 5.74) is 6.28. The van der Waals surface area contributed by atoms with Gasteiger partial charge in [0.25, 0.3) is 0 Å². The van der Waals surface area contributed by atoms with Crippen LogP contribution < -0.4 is 5.73 Å².